The van der Waals surface area contributed by atoms with E-state index < -0.39 is 5.41 Å². The molecule has 1 atom stereocenters. The fourth-order valence-corrected chi connectivity index (χ4v) is 3.13. The van der Waals surface area contributed by atoms with E-state index in [2.05, 4.69) is 13.0 Å². The van der Waals surface area contributed by atoms with E-state index in [1.807, 2.05) is 18.7 Å². The molecule has 1 aliphatic rings. The Morgan fingerprint density at radius 3 is 2.47 bits per heavy atom. The fourth-order valence-electron chi connectivity index (χ4n) is 3.13. The minimum absolute atomic E-state index is 0.0668. The molecule has 1 fully saturated rings. The van der Waals surface area contributed by atoms with Gasteiger partial charge in [-0.3, -0.25) is 4.79 Å². The summed E-state index contributed by atoms with van der Waals surface area (Å²) in [6.07, 6.45) is 7.16. The summed E-state index contributed by atoms with van der Waals surface area (Å²) >= 11 is 0. The second-order valence-electron chi connectivity index (χ2n) is 5.78. The molecule has 1 amide bonds. The van der Waals surface area contributed by atoms with Crippen LogP contribution in [-0.2, 0) is 4.79 Å². The minimum Gasteiger partial charge on any atom is -0.341 e. The van der Waals surface area contributed by atoms with Crippen LogP contribution < -0.4 is 0 Å². The van der Waals surface area contributed by atoms with Gasteiger partial charge < -0.3 is 4.90 Å². The Kier molecular flexibility index (Phi) is 6.34. The van der Waals surface area contributed by atoms with E-state index in [1.54, 1.807) is 0 Å². The Morgan fingerprint density at radius 2 is 1.95 bits per heavy atom. The largest absolute Gasteiger partial charge is 0.341 e. The molecular formula is C16H28N2O. The maximum Gasteiger partial charge on any atom is 0.243 e. The highest BCUT2D eigenvalue weighted by molar-refractivity contribution is 5.85. The molecule has 0 aliphatic carbocycles. The maximum absolute atomic E-state index is 12.6. The standard InChI is InChI=1S/C16H28N2O/c1-4-8-14-9-7-11-18(12-10-14)15(19)16(5-2,6-3)13-17/h14H,4-12H2,1-3H3. The zero-order valence-electron chi connectivity index (χ0n) is 12.7. The Balaban J connectivity index is 2.70. The topological polar surface area (TPSA) is 44.1 Å². The predicted molar refractivity (Wildman–Crippen MR) is 77.5 cm³/mol. The van der Waals surface area contributed by atoms with E-state index in [0.717, 1.165) is 31.8 Å². The lowest BCUT2D eigenvalue weighted by atomic mass is 9.82. The van der Waals surface area contributed by atoms with Crippen LogP contribution in [0.3, 0.4) is 0 Å². The highest BCUT2D eigenvalue weighted by Gasteiger charge is 2.38. The Bertz CT molecular complexity index is 328. The lowest BCUT2D eigenvalue weighted by Crippen LogP contribution is -2.43. The van der Waals surface area contributed by atoms with Gasteiger partial charge in [-0.1, -0.05) is 33.6 Å². The van der Waals surface area contributed by atoms with Gasteiger partial charge in [-0.25, -0.2) is 0 Å². The van der Waals surface area contributed by atoms with E-state index in [0.29, 0.717) is 12.8 Å². The number of amides is 1. The molecule has 0 N–H and O–H groups in total. The third-order valence-corrected chi connectivity index (χ3v) is 4.66. The summed E-state index contributed by atoms with van der Waals surface area (Å²) in [6.45, 7) is 7.79. The summed E-state index contributed by atoms with van der Waals surface area (Å²) in [7, 11) is 0. The lowest BCUT2D eigenvalue weighted by Gasteiger charge is -2.30. The molecule has 3 nitrogen and oxygen atoms in total. The summed E-state index contributed by atoms with van der Waals surface area (Å²) in [4.78, 5) is 14.6. The maximum atomic E-state index is 12.6. The van der Waals surface area contributed by atoms with Crippen molar-refractivity contribution in [2.75, 3.05) is 13.1 Å². The molecule has 0 bridgehead atoms. The van der Waals surface area contributed by atoms with Crippen LogP contribution >= 0.6 is 0 Å². The Hall–Kier alpha value is -1.04. The van der Waals surface area contributed by atoms with Crippen LogP contribution in [0.5, 0.6) is 0 Å². The summed E-state index contributed by atoms with van der Waals surface area (Å²) in [5, 5.41) is 9.39. The number of carbonyl (C=O) groups excluding carboxylic acids is 1. The van der Waals surface area contributed by atoms with Crippen molar-refractivity contribution in [2.45, 2.75) is 65.7 Å². The van der Waals surface area contributed by atoms with Crippen molar-refractivity contribution in [1.82, 2.24) is 4.90 Å². The van der Waals surface area contributed by atoms with E-state index in [-0.39, 0.29) is 5.91 Å². The molecule has 108 valence electrons. The number of rotatable bonds is 5. The molecule has 0 saturated carbocycles. The first-order valence-corrected chi connectivity index (χ1v) is 7.84. The molecule has 0 aromatic rings. The number of likely N-dealkylation sites (tertiary alicyclic amines) is 1. The molecule has 1 rings (SSSR count). The van der Waals surface area contributed by atoms with Crippen LogP contribution in [0, 0.1) is 22.7 Å². The van der Waals surface area contributed by atoms with Gasteiger partial charge in [0.15, 0.2) is 0 Å². The summed E-state index contributed by atoms with van der Waals surface area (Å²) < 4.78 is 0. The molecule has 1 unspecified atom stereocenters. The van der Waals surface area contributed by atoms with Gasteiger partial charge in [0.2, 0.25) is 5.91 Å². The van der Waals surface area contributed by atoms with Crippen LogP contribution in [0.2, 0.25) is 0 Å². The van der Waals surface area contributed by atoms with E-state index in [4.69, 9.17) is 0 Å². The van der Waals surface area contributed by atoms with Gasteiger partial charge in [0.05, 0.1) is 6.07 Å². The third-order valence-electron chi connectivity index (χ3n) is 4.66. The number of hydrogen-bond acceptors (Lipinski definition) is 2. The van der Waals surface area contributed by atoms with Crippen LogP contribution in [-0.4, -0.2) is 23.9 Å². The first-order valence-electron chi connectivity index (χ1n) is 7.84. The van der Waals surface area contributed by atoms with Gasteiger partial charge >= 0.3 is 0 Å². The van der Waals surface area contributed by atoms with E-state index in [9.17, 15) is 10.1 Å². The van der Waals surface area contributed by atoms with Crippen molar-refractivity contribution in [3.8, 4) is 6.07 Å². The number of hydrogen-bond donors (Lipinski definition) is 0. The van der Waals surface area contributed by atoms with E-state index in [1.165, 1.54) is 19.3 Å². The number of nitrogens with zero attached hydrogens (tertiary/aromatic N) is 2. The van der Waals surface area contributed by atoms with Crippen LogP contribution in [0.25, 0.3) is 0 Å². The highest BCUT2D eigenvalue weighted by Crippen LogP contribution is 2.30. The first-order chi connectivity index (χ1) is 9.13. The molecule has 1 heterocycles. The Morgan fingerprint density at radius 1 is 1.26 bits per heavy atom. The normalized spacial score (nSPS) is 20.7. The minimum atomic E-state index is -0.787. The van der Waals surface area contributed by atoms with E-state index >= 15 is 0 Å². The predicted octanol–water partition coefficient (Wildman–Crippen LogP) is 3.75. The molecule has 0 spiro atoms. The van der Waals surface area contributed by atoms with Crippen molar-refractivity contribution in [2.24, 2.45) is 11.3 Å². The zero-order valence-corrected chi connectivity index (χ0v) is 12.7. The van der Waals surface area contributed by atoms with Crippen LogP contribution in [0.4, 0.5) is 0 Å². The third kappa shape index (κ3) is 3.72. The van der Waals surface area contributed by atoms with Crippen molar-refractivity contribution in [3.63, 3.8) is 0 Å². The summed E-state index contributed by atoms with van der Waals surface area (Å²) in [6, 6.07) is 2.28. The first kappa shape index (κ1) is 16.0. The van der Waals surface area contributed by atoms with Crippen molar-refractivity contribution in [3.05, 3.63) is 0 Å². The molecule has 0 aromatic heterocycles. The van der Waals surface area contributed by atoms with Crippen LogP contribution in [0.15, 0.2) is 0 Å². The molecule has 0 aromatic carbocycles. The van der Waals surface area contributed by atoms with Gasteiger partial charge in [0.25, 0.3) is 0 Å². The molecule has 3 heteroatoms. The number of carbonyl (C=O) groups is 1. The monoisotopic (exact) mass is 264 g/mol. The fraction of sp³-hybridized carbons (Fsp3) is 0.875. The molecule has 0 radical (unpaired) electrons. The summed E-state index contributed by atoms with van der Waals surface area (Å²) in [5.41, 5.74) is -0.787. The average molecular weight is 264 g/mol. The van der Waals surface area contributed by atoms with Gasteiger partial charge in [0, 0.05) is 13.1 Å². The second kappa shape index (κ2) is 7.53. The second-order valence-corrected chi connectivity index (χ2v) is 5.78. The van der Waals surface area contributed by atoms with Gasteiger partial charge in [-0.2, -0.15) is 5.26 Å². The highest BCUT2D eigenvalue weighted by atomic mass is 16.2. The number of nitriles is 1. The summed E-state index contributed by atoms with van der Waals surface area (Å²) in [5.74, 6) is 0.833. The van der Waals surface area contributed by atoms with Crippen LogP contribution in [0.1, 0.15) is 65.7 Å². The molecule has 1 aliphatic heterocycles. The molecule has 1 saturated heterocycles. The van der Waals surface area contributed by atoms with Crippen molar-refractivity contribution >= 4 is 5.91 Å². The Labute approximate surface area is 118 Å². The molecular weight excluding hydrogens is 236 g/mol. The average Bonchev–Trinajstić information content (AvgIpc) is 2.67. The van der Waals surface area contributed by atoms with Gasteiger partial charge in [-0.05, 0) is 38.0 Å². The lowest BCUT2D eigenvalue weighted by molar-refractivity contribution is -0.139. The zero-order chi connectivity index (χ0) is 14.3. The van der Waals surface area contributed by atoms with Gasteiger partial charge in [-0.15, -0.1) is 0 Å². The van der Waals surface area contributed by atoms with Crippen molar-refractivity contribution in [1.29, 1.82) is 5.26 Å². The quantitative estimate of drug-likeness (QED) is 0.759. The van der Waals surface area contributed by atoms with Gasteiger partial charge in [0.1, 0.15) is 5.41 Å². The smallest absolute Gasteiger partial charge is 0.243 e. The van der Waals surface area contributed by atoms with Crippen molar-refractivity contribution < 1.29 is 4.79 Å². The molecule has 19 heavy (non-hydrogen) atoms. The SMILES string of the molecule is CCCC1CCCN(C(=O)C(C#N)(CC)CC)CC1.